The van der Waals surface area contributed by atoms with Crippen LogP contribution in [0.25, 0.3) is 10.8 Å². The third-order valence-corrected chi connectivity index (χ3v) is 5.82. The van der Waals surface area contributed by atoms with Gasteiger partial charge in [0.05, 0.1) is 18.7 Å². The SMILES string of the molecule is CC(=O)N[C@H]1[C@H]([C@H](O)[C@H](O)CO)OC(C(=O)O)=C[C@@H]1N=C(N)NC(=O)CCc1ccc2ccccc2c1. The van der Waals surface area contributed by atoms with Gasteiger partial charge in [0.25, 0.3) is 0 Å². The first kappa shape index (κ1) is 27.6. The lowest BCUT2D eigenvalue weighted by Gasteiger charge is -2.38. The van der Waals surface area contributed by atoms with Crippen LogP contribution in [0.15, 0.2) is 59.3 Å². The van der Waals surface area contributed by atoms with Crippen LogP contribution < -0.4 is 16.4 Å². The Morgan fingerprint density at radius 3 is 2.49 bits per heavy atom. The van der Waals surface area contributed by atoms with Crippen molar-refractivity contribution in [2.24, 2.45) is 10.7 Å². The number of hydrogen-bond donors (Lipinski definition) is 7. The molecule has 0 bridgehead atoms. The van der Waals surface area contributed by atoms with E-state index in [1.807, 2.05) is 42.5 Å². The first-order valence-electron chi connectivity index (χ1n) is 11.6. The van der Waals surface area contributed by atoms with Crippen LogP contribution in [0.5, 0.6) is 0 Å². The molecule has 12 nitrogen and oxygen atoms in total. The zero-order valence-electron chi connectivity index (χ0n) is 20.1. The van der Waals surface area contributed by atoms with Crippen molar-refractivity contribution in [3.63, 3.8) is 0 Å². The van der Waals surface area contributed by atoms with Gasteiger partial charge in [-0.1, -0.05) is 42.5 Å². The van der Waals surface area contributed by atoms with E-state index in [0.29, 0.717) is 6.42 Å². The fourth-order valence-electron chi connectivity index (χ4n) is 4.01. The zero-order chi connectivity index (χ0) is 27.1. The number of amides is 2. The lowest BCUT2D eigenvalue weighted by Crippen LogP contribution is -2.60. The Balaban J connectivity index is 1.75. The molecule has 1 aliphatic heterocycles. The van der Waals surface area contributed by atoms with Gasteiger partial charge in [0, 0.05) is 13.3 Å². The number of carboxylic acids is 1. The summed E-state index contributed by atoms with van der Waals surface area (Å²) < 4.78 is 5.29. The third-order valence-electron chi connectivity index (χ3n) is 5.82. The maximum atomic E-state index is 12.5. The number of guanidine groups is 1. The standard InChI is InChI=1S/C25H30N4O8/c1-13(31)27-21-17(11-19(24(35)36)37-23(21)22(34)18(32)12-30)28-25(26)29-20(33)9-7-14-6-8-15-4-2-3-5-16(15)10-14/h2-6,8,10-11,17-18,21-23,30,32,34H,7,9,12H2,1H3,(H,27,31)(H,35,36)(H3,26,28,29,33)/t17-,18+,21+,22+,23+/m0/s1. The summed E-state index contributed by atoms with van der Waals surface area (Å²) in [5.41, 5.74) is 6.86. The molecule has 198 valence electrons. The van der Waals surface area contributed by atoms with E-state index < -0.39 is 60.5 Å². The second kappa shape index (κ2) is 12.3. The molecule has 8 N–H and O–H groups in total. The third kappa shape index (κ3) is 7.26. The van der Waals surface area contributed by atoms with Crippen LogP contribution in [0, 0.1) is 0 Å². The number of aliphatic imine (C=N–C) groups is 1. The second-order valence-electron chi connectivity index (χ2n) is 8.62. The van der Waals surface area contributed by atoms with Crippen molar-refractivity contribution in [3.8, 4) is 0 Å². The van der Waals surface area contributed by atoms with Gasteiger partial charge in [-0.2, -0.15) is 0 Å². The molecule has 37 heavy (non-hydrogen) atoms. The van der Waals surface area contributed by atoms with Crippen molar-refractivity contribution in [2.45, 2.75) is 50.2 Å². The van der Waals surface area contributed by atoms with E-state index in [0.717, 1.165) is 22.4 Å². The normalized spacial score (nSPS) is 21.4. The minimum Gasteiger partial charge on any atom is -0.478 e. The highest BCUT2D eigenvalue weighted by molar-refractivity contribution is 5.96. The summed E-state index contributed by atoms with van der Waals surface area (Å²) in [4.78, 5) is 40.0. The summed E-state index contributed by atoms with van der Waals surface area (Å²) in [6.07, 6.45) is -3.37. The number of carbonyl (C=O) groups excluding carboxylic acids is 2. The fourth-order valence-corrected chi connectivity index (χ4v) is 4.01. The van der Waals surface area contributed by atoms with Gasteiger partial charge < -0.3 is 36.2 Å². The molecule has 0 spiro atoms. The number of aliphatic carboxylic acids is 1. The molecule has 3 rings (SSSR count). The maximum Gasteiger partial charge on any atom is 0.370 e. The molecule has 0 saturated heterocycles. The zero-order valence-corrected chi connectivity index (χ0v) is 20.1. The summed E-state index contributed by atoms with van der Waals surface area (Å²) in [7, 11) is 0. The predicted molar refractivity (Wildman–Crippen MR) is 133 cm³/mol. The molecule has 0 unspecified atom stereocenters. The number of nitrogens with one attached hydrogen (secondary N) is 2. The van der Waals surface area contributed by atoms with Crippen molar-refractivity contribution in [1.29, 1.82) is 0 Å². The average molecular weight is 515 g/mol. The molecule has 2 aromatic carbocycles. The molecular weight excluding hydrogens is 484 g/mol. The fraction of sp³-hybridized carbons (Fsp3) is 0.360. The van der Waals surface area contributed by atoms with Crippen molar-refractivity contribution in [2.75, 3.05) is 6.61 Å². The monoisotopic (exact) mass is 514 g/mol. The molecule has 0 fully saturated rings. The Hall–Kier alpha value is -4.00. The number of hydrogen-bond acceptors (Lipinski definition) is 8. The number of aryl methyl sites for hydroxylation is 1. The molecule has 1 aliphatic rings. The van der Waals surface area contributed by atoms with Crippen LogP contribution in [0.3, 0.4) is 0 Å². The Labute approximate surface area is 212 Å². The van der Waals surface area contributed by atoms with E-state index in [1.165, 1.54) is 6.92 Å². The van der Waals surface area contributed by atoms with Gasteiger partial charge in [0.15, 0.2) is 5.96 Å². The molecule has 2 amide bonds. The number of carbonyl (C=O) groups is 3. The Kier molecular flexibility index (Phi) is 9.17. The molecule has 0 aliphatic carbocycles. The van der Waals surface area contributed by atoms with Crippen LogP contribution in [-0.2, 0) is 25.5 Å². The topological polar surface area (TPSA) is 204 Å². The van der Waals surface area contributed by atoms with Crippen molar-refractivity contribution >= 4 is 34.5 Å². The lowest BCUT2D eigenvalue weighted by molar-refractivity contribution is -0.145. The van der Waals surface area contributed by atoms with Crippen LogP contribution in [-0.4, -0.2) is 81.2 Å². The number of benzene rings is 2. The summed E-state index contributed by atoms with van der Waals surface area (Å²) in [5, 5.41) is 46.0. The van der Waals surface area contributed by atoms with Crippen molar-refractivity contribution in [3.05, 3.63) is 59.9 Å². The van der Waals surface area contributed by atoms with Crippen LogP contribution in [0.4, 0.5) is 0 Å². The first-order chi connectivity index (χ1) is 17.6. The molecule has 0 aromatic heterocycles. The van der Waals surface area contributed by atoms with Gasteiger partial charge in [-0.3, -0.25) is 14.9 Å². The van der Waals surface area contributed by atoms with Gasteiger partial charge in [-0.25, -0.2) is 9.79 Å². The molecular formula is C25H30N4O8. The number of aliphatic hydroxyl groups is 3. The quantitative estimate of drug-likeness (QED) is 0.164. The highest BCUT2D eigenvalue weighted by Gasteiger charge is 2.43. The number of nitrogens with two attached hydrogens (primary N) is 1. The number of fused-ring (bicyclic) bond motifs is 1. The van der Waals surface area contributed by atoms with E-state index in [2.05, 4.69) is 15.6 Å². The molecule has 5 atom stereocenters. The largest absolute Gasteiger partial charge is 0.478 e. The summed E-state index contributed by atoms with van der Waals surface area (Å²) in [6, 6.07) is 11.4. The Bertz CT molecular complexity index is 1210. The minimum atomic E-state index is -1.78. The highest BCUT2D eigenvalue weighted by Crippen LogP contribution is 2.25. The van der Waals surface area contributed by atoms with Gasteiger partial charge in [-0.15, -0.1) is 0 Å². The number of nitrogens with zero attached hydrogens (tertiary/aromatic N) is 1. The first-order valence-corrected chi connectivity index (χ1v) is 11.6. The molecule has 1 heterocycles. The number of aliphatic hydroxyl groups excluding tert-OH is 3. The maximum absolute atomic E-state index is 12.5. The lowest BCUT2D eigenvalue weighted by atomic mass is 9.92. The Morgan fingerprint density at radius 1 is 1.14 bits per heavy atom. The summed E-state index contributed by atoms with van der Waals surface area (Å²) >= 11 is 0. The van der Waals surface area contributed by atoms with E-state index in [9.17, 15) is 34.8 Å². The van der Waals surface area contributed by atoms with Crippen molar-refractivity contribution < 1.29 is 39.5 Å². The summed E-state index contributed by atoms with van der Waals surface area (Å²) in [5.74, 6) is -3.44. The molecule has 12 heteroatoms. The van der Waals surface area contributed by atoms with E-state index in [4.69, 9.17) is 10.5 Å². The smallest absolute Gasteiger partial charge is 0.370 e. The van der Waals surface area contributed by atoms with Crippen LogP contribution in [0.1, 0.15) is 18.9 Å². The van der Waals surface area contributed by atoms with E-state index in [-0.39, 0.29) is 12.4 Å². The molecule has 0 radical (unpaired) electrons. The van der Waals surface area contributed by atoms with Gasteiger partial charge >= 0.3 is 5.97 Å². The number of ether oxygens (including phenoxy) is 1. The molecule has 2 aromatic rings. The van der Waals surface area contributed by atoms with Crippen LogP contribution >= 0.6 is 0 Å². The number of carboxylic acid groups (broad SMARTS) is 1. The summed E-state index contributed by atoms with van der Waals surface area (Å²) in [6.45, 7) is 0.338. The highest BCUT2D eigenvalue weighted by atomic mass is 16.5. The van der Waals surface area contributed by atoms with E-state index in [1.54, 1.807) is 0 Å². The second-order valence-corrected chi connectivity index (χ2v) is 8.62. The predicted octanol–water partition coefficient (Wildman–Crippen LogP) is -0.842. The minimum absolute atomic E-state index is 0.0949. The molecule has 0 saturated carbocycles. The van der Waals surface area contributed by atoms with Gasteiger partial charge in [0.2, 0.25) is 17.6 Å². The average Bonchev–Trinajstić information content (AvgIpc) is 2.86. The van der Waals surface area contributed by atoms with E-state index >= 15 is 0 Å². The van der Waals surface area contributed by atoms with Gasteiger partial charge in [-0.05, 0) is 28.8 Å². The Morgan fingerprint density at radius 2 is 1.84 bits per heavy atom. The van der Waals surface area contributed by atoms with Gasteiger partial charge in [0.1, 0.15) is 18.3 Å². The number of rotatable bonds is 9. The van der Waals surface area contributed by atoms with Crippen molar-refractivity contribution in [1.82, 2.24) is 10.6 Å². The van der Waals surface area contributed by atoms with Crippen LogP contribution in [0.2, 0.25) is 0 Å².